The molecule has 0 aliphatic carbocycles. The van der Waals surface area contributed by atoms with Crippen molar-refractivity contribution in [2.45, 2.75) is 0 Å². The predicted molar refractivity (Wildman–Crippen MR) is 76.1 cm³/mol. The molecule has 2 heteroatoms. The van der Waals surface area contributed by atoms with Gasteiger partial charge in [-0.3, -0.25) is 0 Å². The number of phenols is 1. The lowest BCUT2D eigenvalue weighted by molar-refractivity contribution is 0.483. The van der Waals surface area contributed by atoms with Crippen molar-refractivity contribution < 1.29 is 5.11 Å². The van der Waals surface area contributed by atoms with Crippen molar-refractivity contribution in [3.63, 3.8) is 0 Å². The van der Waals surface area contributed by atoms with Gasteiger partial charge in [-0.2, -0.15) is 0 Å². The second kappa shape index (κ2) is 4.35. The highest BCUT2D eigenvalue weighted by Gasteiger charge is 2.11. The summed E-state index contributed by atoms with van der Waals surface area (Å²) in [6, 6.07) is 19.2. The van der Waals surface area contributed by atoms with Crippen LogP contribution >= 0.6 is 11.6 Å². The maximum Gasteiger partial charge on any atom is 0.131 e. The Morgan fingerprint density at radius 1 is 0.778 bits per heavy atom. The molecule has 0 amide bonds. The third-order valence-electron chi connectivity index (χ3n) is 3.05. The Morgan fingerprint density at radius 2 is 1.39 bits per heavy atom. The fraction of sp³-hybridized carbons (Fsp3) is 0. The Bertz CT molecular complexity index is 705. The van der Waals surface area contributed by atoms with Crippen molar-refractivity contribution in [2.24, 2.45) is 0 Å². The molecular weight excluding hydrogens is 244 g/mol. The number of hydrogen-bond acceptors (Lipinski definition) is 1. The Kier molecular flexibility index (Phi) is 2.69. The van der Waals surface area contributed by atoms with Gasteiger partial charge in [-0.15, -0.1) is 0 Å². The van der Waals surface area contributed by atoms with Gasteiger partial charge in [0.25, 0.3) is 0 Å². The quantitative estimate of drug-likeness (QED) is 0.657. The Balaban J connectivity index is 2.35. The maximum absolute atomic E-state index is 10.4. The van der Waals surface area contributed by atoms with Crippen LogP contribution in [-0.4, -0.2) is 5.11 Å². The number of rotatable bonds is 1. The monoisotopic (exact) mass is 254 g/mol. The third kappa shape index (κ3) is 1.73. The molecule has 3 aromatic carbocycles. The minimum absolute atomic E-state index is 0.279. The van der Waals surface area contributed by atoms with Gasteiger partial charge in [-0.25, -0.2) is 0 Å². The van der Waals surface area contributed by atoms with E-state index in [-0.39, 0.29) is 5.75 Å². The minimum atomic E-state index is 0.279. The summed E-state index contributed by atoms with van der Waals surface area (Å²) in [6.45, 7) is 0. The third-order valence-corrected chi connectivity index (χ3v) is 3.36. The molecule has 0 saturated carbocycles. The van der Waals surface area contributed by atoms with E-state index in [1.807, 2.05) is 60.7 Å². The zero-order valence-electron chi connectivity index (χ0n) is 9.60. The lowest BCUT2D eigenvalue weighted by Gasteiger charge is -2.10. The molecule has 0 fully saturated rings. The van der Waals surface area contributed by atoms with Crippen LogP contribution in [-0.2, 0) is 0 Å². The summed E-state index contributed by atoms with van der Waals surface area (Å²) in [5.41, 5.74) is 1.72. The molecule has 0 radical (unpaired) electrons. The molecule has 0 bridgehead atoms. The Hall–Kier alpha value is -1.99. The maximum atomic E-state index is 10.4. The van der Waals surface area contributed by atoms with Crippen LogP contribution in [0.3, 0.4) is 0 Å². The summed E-state index contributed by atoms with van der Waals surface area (Å²) in [5.74, 6) is 0.279. The number of phenolic OH excluding ortho intramolecular Hbond substituents is 1. The molecule has 1 nitrogen and oxygen atoms in total. The smallest absolute Gasteiger partial charge is 0.131 e. The number of hydrogen-bond donors (Lipinski definition) is 1. The molecule has 0 aliphatic heterocycles. The van der Waals surface area contributed by atoms with E-state index in [0.717, 1.165) is 21.9 Å². The van der Waals surface area contributed by atoms with Gasteiger partial charge in [0.2, 0.25) is 0 Å². The predicted octanol–water partition coefficient (Wildman–Crippen LogP) is 4.87. The van der Waals surface area contributed by atoms with E-state index in [1.165, 1.54) is 0 Å². The topological polar surface area (TPSA) is 20.2 Å². The van der Waals surface area contributed by atoms with E-state index in [0.29, 0.717) is 5.02 Å². The second-order valence-electron chi connectivity index (χ2n) is 4.17. The molecule has 88 valence electrons. The number of aromatic hydroxyl groups is 1. The first-order valence-electron chi connectivity index (χ1n) is 5.73. The highest BCUT2D eigenvalue weighted by Crippen LogP contribution is 2.39. The van der Waals surface area contributed by atoms with Crippen molar-refractivity contribution in [3.8, 4) is 16.9 Å². The highest BCUT2D eigenvalue weighted by atomic mass is 35.5. The Morgan fingerprint density at radius 3 is 2.11 bits per heavy atom. The summed E-state index contributed by atoms with van der Waals surface area (Å²) in [7, 11) is 0. The zero-order chi connectivity index (χ0) is 12.5. The van der Waals surface area contributed by atoms with Crippen molar-refractivity contribution in [2.75, 3.05) is 0 Å². The van der Waals surface area contributed by atoms with Crippen molar-refractivity contribution in [1.82, 2.24) is 0 Å². The molecule has 3 rings (SSSR count). The Labute approximate surface area is 110 Å². The fourth-order valence-electron chi connectivity index (χ4n) is 2.15. The van der Waals surface area contributed by atoms with Gasteiger partial charge in [0.1, 0.15) is 5.75 Å². The number of halogens is 1. The average Bonchev–Trinajstić information content (AvgIpc) is 2.44. The van der Waals surface area contributed by atoms with Crippen LogP contribution in [0.4, 0.5) is 0 Å². The van der Waals surface area contributed by atoms with Gasteiger partial charge in [0, 0.05) is 21.4 Å². The first-order valence-corrected chi connectivity index (χ1v) is 6.11. The standard InChI is InChI=1S/C16H11ClO/c17-15-10-14(11-6-2-1-3-7-11)16(18)13-9-5-4-8-12(13)15/h1-10,18H. The summed E-state index contributed by atoms with van der Waals surface area (Å²) in [5, 5.41) is 12.7. The van der Waals surface area contributed by atoms with Crippen LogP contribution < -0.4 is 0 Å². The van der Waals surface area contributed by atoms with E-state index in [1.54, 1.807) is 0 Å². The molecule has 0 aromatic heterocycles. The SMILES string of the molecule is Oc1c(-c2ccccc2)cc(Cl)c2ccccc12. The number of fused-ring (bicyclic) bond motifs is 1. The summed E-state index contributed by atoms with van der Waals surface area (Å²) < 4.78 is 0. The molecule has 0 aliphatic rings. The van der Waals surface area contributed by atoms with Gasteiger partial charge in [0.05, 0.1) is 0 Å². The summed E-state index contributed by atoms with van der Waals surface area (Å²) in [6.07, 6.45) is 0. The van der Waals surface area contributed by atoms with Crippen LogP contribution in [0.15, 0.2) is 60.7 Å². The summed E-state index contributed by atoms with van der Waals surface area (Å²) in [4.78, 5) is 0. The van der Waals surface area contributed by atoms with E-state index < -0.39 is 0 Å². The van der Waals surface area contributed by atoms with Crippen LogP contribution in [0.5, 0.6) is 5.75 Å². The molecule has 0 saturated heterocycles. The largest absolute Gasteiger partial charge is 0.507 e. The van der Waals surface area contributed by atoms with Crippen LogP contribution in [0.1, 0.15) is 0 Å². The molecule has 1 N–H and O–H groups in total. The van der Waals surface area contributed by atoms with Crippen molar-refractivity contribution >= 4 is 22.4 Å². The van der Waals surface area contributed by atoms with Crippen LogP contribution in [0.2, 0.25) is 5.02 Å². The van der Waals surface area contributed by atoms with Crippen molar-refractivity contribution in [1.29, 1.82) is 0 Å². The molecule has 0 atom stereocenters. The molecule has 3 aromatic rings. The highest BCUT2D eigenvalue weighted by molar-refractivity contribution is 6.36. The minimum Gasteiger partial charge on any atom is -0.507 e. The van der Waals surface area contributed by atoms with Gasteiger partial charge >= 0.3 is 0 Å². The van der Waals surface area contributed by atoms with Gasteiger partial charge in [-0.1, -0.05) is 66.2 Å². The first-order chi connectivity index (χ1) is 8.77. The molecule has 0 spiro atoms. The zero-order valence-corrected chi connectivity index (χ0v) is 10.4. The van der Waals surface area contributed by atoms with E-state index in [9.17, 15) is 5.11 Å². The second-order valence-corrected chi connectivity index (χ2v) is 4.57. The fourth-order valence-corrected chi connectivity index (χ4v) is 2.43. The molecule has 0 heterocycles. The van der Waals surface area contributed by atoms with Gasteiger partial charge < -0.3 is 5.11 Å². The van der Waals surface area contributed by atoms with E-state index in [4.69, 9.17) is 11.6 Å². The lowest BCUT2D eigenvalue weighted by Crippen LogP contribution is -1.82. The number of benzene rings is 3. The molecule has 18 heavy (non-hydrogen) atoms. The molecule has 0 unspecified atom stereocenters. The lowest BCUT2D eigenvalue weighted by atomic mass is 10.00. The summed E-state index contributed by atoms with van der Waals surface area (Å²) >= 11 is 6.27. The van der Waals surface area contributed by atoms with Crippen LogP contribution in [0.25, 0.3) is 21.9 Å². The molecular formula is C16H11ClO. The van der Waals surface area contributed by atoms with E-state index >= 15 is 0 Å². The normalized spacial score (nSPS) is 10.7. The van der Waals surface area contributed by atoms with Gasteiger partial charge in [-0.05, 0) is 11.6 Å². The van der Waals surface area contributed by atoms with Crippen molar-refractivity contribution in [3.05, 3.63) is 65.7 Å². The van der Waals surface area contributed by atoms with Crippen LogP contribution in [0, 0.1) is 0 Å². The average molecular weight is 255 g/mol. The van der Waals surface area contributed by atoms with E-state index in [2.05, 4.69) is 0 Å². The van der Waals surface area contributed by atoms with Gasteiger partial charge in [0.15, 0.2) is 0 Å². The first kappa shape index (κ1) is 11.1.